The number of benzene rings is 2. The molecule has 2 heterocycles. The Morgan fingerprint density at radius 1 is 0.931 bits per heavy atom. The zero-order valence-electron chi connectivity index (χ0n) is 14.8. The predicted molar refractivity (Wildman–Crippen MR) is 108 cm³/mol. The summed E-state index contributed by atoms with van der Waals surface area (Å²) in [5, 5.41) is 2.69. The number of hydrogen-bond donors (Lipinski definition) is 4. The van der Waals surface area contributed by atoms with Gasteiger partial charge in [-0.3, -0.25) is 14.5 Å². The molecule has 0 saturated carbocycles. The zero-order chi connectivity index (χ0) is 20.4. The number of imidazole rings is 1. The highest BCUT2D eigenvalue weighted by molar-refractivity contribution is 7.92. The average Bonchev–Trinajstić information content (AvgIpc) is 3.08. The molecule has 0 fully saturated rings. The summed E-state index contributed by atoms with van der Waals surface area (Å²) in [6.45, 7) is 0. The summed E-state index contributed by atoms with van der Waals surface area (Å²) in [6, 6.07) is 13.7. The summed E-state index contributed by atoms with van der Waals surface area (Å²) in [5.41, 5.74) is 1.24. The Balaban J connectivity index is 1.64. The fourth-order valence-corrected chi connectivity index (χ4v) is 3.89. The predicted octanol–water partition coefficient (Wildman–Crippen LogP) is 2.30. The number of aromatic amines is 2. The Bertz CT molecular complexity index is 1360. The first-order valence-corrected chi connectivity index (χ1v) is 9.96. The molecule has 4 rings (SSSR count). The van der Waals surface area contributed by atoms with E-state index in [2.05, 4.69) is 25.0 Å². The van der Waals surface area contributed by atoms with Crippen molar-refractivity contribution in [2.75, 3.05) is 10.0 Å². The van der Waals surface area contributed by atoms with E-state index < -0.39 is 21.6 Å². The molecule has 0 bridgehead atoms. The molecule has 29 heavy (non-hydrogen) atoms. The second-order valence-corrected chi connectivity index (χ2v) is 7.81. The monoisotopic (exact) mass is 409 g/mol. The van der Waals surface area contributed by atoms with Gasteiger partial charge in [0, 0.05) is 18.1 Å². The normalized spacial score (nSPS) is 11.3. The molecular weight excluding hydrogens is 394 g/mol. The van der Waals surface area contributed by atoms with E-state index in [4.69, 9.17) is 0 Å². The van der Waals surface area contributed by atoms with Crippen molar-refractivity contribution < 1.29 is 13.2 Å². The van der Waals surface area contributed by atoms with Crippen LogP contribution in [-0.2, 0) is 10.0 Å². The molecule has 9 nitrogen and oxygen atoms in total. The molecule has 0 aliphatic heterocycles. The van der Waals surface area contributed by atoms with Crippen LogP contribution < -0.4 is 15.7 Å². The van der Waals surface area contributed by atoms with Crippen LogP contribution in [-0.4, -0.2) is 29.3 Å². The number of sulfonamides is 1. The molecule has 0 aliphatic rings. The highest BCUT2D eigenvalue weighted by Crippen LogP contribution is 2.22. The molecule has 1 amide bonds. The first kappa shape index (κ1) is 18.4. The number of H-pyrrole nitrogens is 2. The van der Waals surface area contributed by atoms with Gasteiger partial charge in [0.05, 0.1) is 27.2 Å². The largest absolute Gasteiger partial charge is 0.323 e. The maximum absolute atomic E-state index is 12.8. The Hall–Kier alpha value is -3.92. The van der Waals surface area contributed by atoms with Gasteiger partial charge >= 0.3 is 5.69 Å². The van der Waals surface area contributed by atoms with Crippen LogP contribution >= 0.6 is 0 Å². The van der Waals surface area contributed by atoms with Crippen LogP contribution in [0.3, 0.4) is 0 Å². The third-order valence-corrected chi connectivity index (χ3v) is 5.52. The zero-order valence-corrected chi connectivity index (χ0v) is 15.7. The smallest absolute Gasteiger partial charge is 0.322 e. The van der Waals surface area contributed by atoms with Crippen molar-refractivity contribution >= 4 is 38.3 Å². The van der Waals surface area contributed by atoms with Gasteiger partial charge in [-0.05, 0) is 42.5 Å². The van der Waals surface area contributed by atoms with E-state index >= 15 is 0 Å². The number of amides is 1. The number of rotatable bonds is 5. The molecule has 2 aromatic heterocycles. The Labute approximate surface area is 164 Å². The van der Waals surface area contributed by atoms with Gasteiger partial charge in [0.1, 0.15) is 0 Å². The second-order valence-electron chi connectivity index (χ2n) is 6.13. The minimum Gasteiger partial charge on any atom is -0.322 e. The minimum absolute atomic E-state index is 0.0513. The van der Waals surface area contributed by atoms with E-state index in [1.165, 1.54) is 42.7 Å². The summed E-state index contributed by atoms with van der Waals surface area (Å²) >= 11 is 0. The van der Waals surface area contributed by atoms with Crippen molar-refractivity contribution in [3.8, 4) is 0 Å². The summed E-state index contributed by atoms with van der Waals surface area (Å²) < 4.78 is 28.1. The van der Waals surface area contributed by atoms with Crippen molar-refractivity contribution in [3.05, 3.63) is 83.0 Å². The number of carbonyl (C=O) groups is 1. The first-order chi connectivity index (χ1) is 13.9. The van der Waals surface area contributed by atoms with E-state index in [-0.39, 0.29) is 16.1 Å². The van der Waals surface area contributed by atoms with Gasteiger partial charge in [-0.25, -0.2) is 13.2 Å². The topological polar surface area (TPSA) is 137 Å². The molecular formula is C19H15N5O4S. The molecule has 4 aromatic rings. The van der Waals surface area contributed by atoms with E-state index in [1.807, 2.05) is 0 Å². The van der Waals surface area contributed by atoms with Crippen LogP contribution in [0.5, 0.6) is 0 Å². The number of aromatic nitrogens is 3. The number of nitrogens with one attached hydrogen (secondary N) is 4. The quantitative estimate of drug-likeness (QED) is 0.401. The Kier molecular flexibility index (Phi) is 4.61. The molecule has 0 saturated heterocycles. The van der Waals surface area contributed by atoms with Gasteiger partial charge < -0.3 is 15.3 Å². The third kappa shape index (κ3) is 3.87. The van der Waals surface area contributed by atoms with E-state index in [0.717, 1.165) is 0 Å². The number of fused-ring (bicyclic) bond motifs is 1. The van der Waals surface area contributed by atoms with Crippen LogP contribution in [0, 0.1) is 0 Å². The molecule has 0 aliphatic carbocycles. The van der Waals surface area contributed by atoms with Gasteiger partial charge in [0.25, 0.3) is 15.9 Å². The van der Waals surface area contributed by atoms with Crippen molar-refractivity contribution in [1.29, 1.82) is 0 Å². The lowest BCUT2D eigenvalue weighted by molar-refractivity contribution is 0.102. The highest BCUT2D eigenvalue weighted by atomic mass is 32.2. The lowest BCUT2D eigenvalue weighted by Gasteiger charge is -2.13. The fourth-order valence-electron chi connectivity index (χ4n) is 2.79. The van der Waals surface area contributed by atoms with Crippen molar-refractivity contribution in [3.63, 3.8) is 0 Å². The summed E-state index contributed by atoms with van der Waals surface area (Å²) in [5.74, 6) is -0.472. The van der Waals surface area contributed by atoms with Crippen LogP contribution in [0.1, 0.15) is 10.4 Å². The van der Waals surface area contributed by atoms with Crippen molar-refractivity contribution in [2.24, 2.45) is 0 Å². The molecule has 146 valence electrons. The Morgan fingerprint density at radius 2 is 1.66 bits per heavy atom. The SMILES string of the molecule is O=C(Nc1ccncc1)c1ccccc1NS(=O)(=O)c1ccc2[nH]c(=O)[nH]c2c1. The van der Waals surface area contributed by atoms with Crippen LogP contribution in [0.25, 0.3) is 11.0 Å². The number of hydrogen-bond acceptors (Lipinski definition) is 5. The lowest BCUT2D eigenvalue weighted by Crippen LogP contribution is -2.18. The molecule has 10 heteroatoms. The third-order valence-electron chi connectivity index (χ3n) is 4.15. The van der Waals surface area contributed by atoms with Crippen molar-refractivity contribution in [1.82, 2.24) is 15.0 Å². The maximum atomic E-state index is 12.8. The number of para-hydroxylation sites is 1. The van der Waals surface area contributed by atoms with Gasteiger partial charge in [0.2, 0.25) is 0 Å². The number of anilines is 2. The van der Waals surface area contributed by atoms with Gasteiger partial charge in [-0.2, -0.15) is 0 Å². The molecule has 0 spiro atoms. The minimum atomic E-state index is -4.00. The van der Waals surface area contributed by atoms with Crippen LogP contribution in [0.15, 0.2) is 76.7 Å². The first-order valence-electron chi connectivity index (χ1n) is 8.48. The Morgan fingerprint density at radius 3 is 2.45 bits per heavy atom. The van der Waals surface area contributed by atoms with Gasteiger partial charge in [0.15, 0.2) is 0 Å². The summed E-state index contributed by atoms with van der Waals surface area (Å²) in [4.78, 5) is 32.9. The van der Waals surface area contributed by atoms with Crippen molar-refractivity contribution in [2.45, 2.75) is 4.90 Å². The number of nitrogens with zero attached hydrogens (tertiary/aromatic N) is 1. The molecule has 0 radical (unpaired) electrons. The maximum Gasteiger partial charge on any atom is 0.323 e. The van der Waals surface area contributed by atoms with Crippen LogP contribution in [0.2, 0.25) is 0 Å². The molecule has 0 unspecified atom stereocenters. The van der Waals surface area contributed by atoms with Gasteiger partial charge in [-0.1, -0.05) is 12.1 Å². The standard InChI is InChI=1S/C19H15N5O4S/c25-18(21-12-7-9-20-10-8-12)14-3-1-2-4-15(14)24-29(27,28)13-5-6-16-17(11-13)23-19(26)22-16/h1-11,24H,(H,20,21,25)(H2,22,23,26). The lowest BCUT2D eigenvalue weighted by atomic mass is 10.1. The number of carbonyl (C=O) groups excluding carboxylic acids is 1. The number of pyridine rings is 1. The van der Waals surface area contributed by atoms with E-state index in [0.29, 0.717) is 16.7 Å². The van der Waals surface area contributed by atoms with E-state index in [9.17, 15) is 18.0 Å². The van der Waals surface area contributed by atoms with E-state index in [1.54, 1.807) is 24.3 Å². The molecule has 2 aromatic carbocycles. The van der Waals surface area contributed by atoms with Gasteiger partial charge in [-0.15, -0.1) is 0 Å². The second kappa shape index (κ2) is 7.24. The summed E-state index contributed by atoms with van der Waals surface area (Å²) in [7, 11) is -4.00. The fraction of sp³-hybridized carbons (Fsp3) is 0. The summed E-state index contributed by atoms with van der Waals surface area (Å²) in [6.07, 6.45) is 3.07. The average molecular weight is 409 g/mol. The molecule has 0 atom stereocenters. The highest BCUT2D eigenvalue weighted by Gasteiger charge is 2.19. The van der Waals surface area contributed by atoms with Crippen LogP contribution in [0.4, 0.5) is 11.4 Å². The molecule has 4 N–H and O–H groups in total.